The highest BCUT2D eigenvalue weighted by Crippen LogP contribution is 2.34. The molecule has 2 aliphatic rings. The third-order valence-electron chi connectivity index (χ3n) is 6.99. The van der Waals surface area contributed by atoms with Crippen LogP contribution in [0.2, 0.25) is 0 Å². The van der Waals surface area contributed by atoms with E-state index in [1.807, 2.05) is 23.1 Å². The molecule has 2 aromatic carbocycles. The number of carbonyl (C=O) groups is 2. The number of ether oxygens (including phenoxy) is 1. The third kappa shape index (κ3) is 5.05. The van der Waals surface area contributed by atoms with Crippen LogP contribution in [0.15, 0.2) is 36.5 Å². The predicted octanol–water partition coefficient (Wildman–Crippen LogP) is 2.96. The lowest BCUT2D eigenvalue weighted by Crippen LogP contribution is -2.34. The summed E-state index contributed by atoms with van der Waals surface area (Å²) in [6.45, 7) is 4.62. The van der Waals surface area contributed by atoms with Crippen LogP contribution >= 0.6 is 0 Å². The van der Waals surface area contributed by atoms with Crippen LogP contribution in [0.1, 0.15) is 39.5 Å². The van der Waals surface area contributed by atoms with Crippen LogP contribution in [0.5, 0.6) is 5.75 Å². The lowest BCUT2D eigenvalue weighted by atomic mass is 9.97. The molecule has 2 aliphatic heterocycles. The minimum Gasteiger partial charge on any atom is -0.495 e. The Bertz CT molecular complexity index is 1370. The maximum atomic E-state index is 12.2. The first-order valence-electron chi connectivity index (χ1n) is 12.3. The van der Waals surface area contributed by atoms with Gasteiger partial charge in [-0.15, -0.1) is 0 Å². The minimum atomic E-state index is -0.629. The summed E-state index contributed by atoms with van der Waals surface area (Å²) in [5, 5.41) is 6.56. The van der Waals surface area contributed by atoms with Crippen LogP contribution in [0.4, 0.5) is 23.1 Å². The van der Waals surface area contributed by atoms with Crippen molar-refractivity contribution in [3.05, 3.63) is 64.3 Å². The molecule has 10 nitrogen and oxygen atoms in total. The summed E-state index contributed by atoms with van der Waals surface area (Å²) < 4.78 is 5.64. The monoisotopic (exact) mass is 501 g/mol. The average molecular weight is 502 g/mol. The summed E-state index contributed by atoms with van der Waals surface area (Å²) in [7, 11) is 3.74. The van der Waals surface area contributed by atoms with E-state index in [4.69, 9.17) is 10.5 Å². The normalized spacial score (nSPS) is 14.9. The first kappa shape index (κ1) is 24.5. The molecule has 4 N–H and O–H groups in total. The lowest BCUT2D eigenvalue weighted by Gasteiger charge is -2.29. The van der Waals surface area contributed by atoms with Crippen LogP contribution in [0, 0.1) is 0 Å². The Kier molecular flexibility index (Phi) is 6.66. The van der Waals surface area contributed by atoms with E-state index in [1.54, 1.807) is 14.0 Å². The molecule has 10 heteroatoms. The third-order valence-corrected chi connectivity index (χ3v) is 6.99. The number of hydrogen-bond acceptors (Lipinski definition) is 8. The summed E-state index contributed by atoms with van der Waals surface area (Å²) in [4.78, 5) is 37.1. The van der Waals surface area contributed by atoms with Crippen LogP contribution in [-0.2, 0) is 30.7 Å². The van der Waals surface area contributed by atoms with Crippen molar-refractivity contribution in [3.63, 3.8) is 0 Å². The van der Waals surface area contributed by atoms with E-state index in [1.165, 1.54) is 17.3 Å². The van der Waals surface area contributed by atoms with Gasteiger partial charge in [0.25, 0.3) is 5.91 Å². The number of aromatic nitrogens is 2. The van der Waals surface area contributed by atoms with E-state index < -0.39 is 5.91 Å². The second kappa shape index (κ2) is 10.1. The molecule has 3 heterocycles. The van der Waals surface area contributed by atoms with Crippen LogP contribution in [-0.4, -0.2) is 58.8 Å². The van der Waals surface area contributed by atoms with Crippen molar-refractivity contribution in [2.45, 2.75) is 32.9 Å². The van der Waals surface area contributed by atoms with Gasteiger partial charge in [-0.1, -0.05) is 12.1 Å². The van der Waals surface area contributed by atoms with Gasteiger partial charge >= 0.3 is 0 Å². The van der Waals surface area contributed by atoms with Crippen molar-refractivity contribution in [2.75, 3.05) is 37.9 Å². The molecular weight excluding hydrogens is 470 g/mol. The number of nitrogens with zero attached hydrogens (tertiary/aromatic N) is 4. The molecule has 2 amide bonds. The topological polar surface area (TPSA) is 126 Å². The number of nitrogens with one attached hydrogen (secondary N) is 2. The number of hydrogen-bond donors (Lipinski definition) is 3. The molecule has 0 aliphatic carbocycles. The molecule has 0 spiro atoms. The van der Waals surface area contributed by atoms with Gasteiger partial charge in [-0.3, -0.25) is 9.59 Å². The van der Waals surface area contributed by atoms with Gasteiger partial charge in [-0.05, 0) is 60.3 Å². The van der Waals surface area contributed by atoms with Gasteiger partial charge in [-0.2, -0.15) is 4.98 Å². The standard InChI is InChI=1S/C27H31N7O3/c1-16(35)34-10-8-20-18(15-34)5-4-6-22(20)30-26-21(25(28)36)13-29-27(32-26)31-23-11-19-14-33(2)9-7-17(19)12-24(23)37-3/h4-6,11-13H,7-10,14-15H2,1-3H3,(H2,28,36)(H2,29,30,31,32). The number of rotatable bonds is 6. The molecule has 0 unspecified atom stereocenters. The van der Waals surface area contributed by atoms with Crippen LogP contribution in [0.25, 0.3) is 0 Å². The zero-order valence-electron chi connectivity index (χ0n) is 21.3. The van der Waals surface area contributed by atoms with Crippen LogP contribution < -0.4 is 21.1 Å². The number of carbonyl (C=O) groups excluding carboxylic acids is 2. The van der Waals surface area contributed by atoms with Gasteiger partial charge in [0.05, 0.1) is 12.8 Å². The van der Waals surface area contributed by atoms with E-state index in [0.29, 0.717) is 37.0 Å². The molecule has 192 valence electrons. The second-order valence-corrected chi connectivity index (χ2v) is 9.51. The number of fused-ring (bicyclic) bond motifs is 2. The van der Waals surface area contributed by atoms with Crippen molar-refractivity contribution in [2.24, 2.45) is 5.73 Å². The highest BCUT2D eigenvalue weighted by Gasteiger charge is 2.22. The predicted molar refractivity (Wildman–Crippen MR) is 141 cm³/mol. The fourth-order valence-electron chi connectivity index (χ4n) is 4.96. The molecule has 0 atom stereocenters. The molecule has 3 aromatic rings. The van der Waals surface area contributed by atoms with E-state index in [9.17, 15) is 9.59 Å². The second-order valence-electron chi connectivity index (χ2n) is 9.51. The molecule has 0 saturated heterocycles. The first-order valence-corrected chi connectivity index (χ1v) is 12.3. The molecule has 0 fully saturated rings. The summed E-state index contributed by atoms with van der Waals surface area (Å²) >= 11 is 0. The van der Waals surface area contributed by atoms with Gasteiger partial charge in [0.15, 0.2) is 0 Å². The number of anilines is 4. The van der Waals surface area contributed by atoms with Gasteiger partial charge in [-0.25, -0.2) is 4.98 Å². The summed E-state index contributed by atoms with van der Waals surface area (Å²) in [6, 6.07) is 9.99. The van der Waals surface area contributed by atoms with Crippen molar-refractivity contribution in [3.8, 4) is 5.75 Å². The fourth-order valence-corrected chi connectivity index (χ4v) is 4.96. The quantitative estimate of drug-likeness (QED) is 0.471. The van der Waals surface area contributed by atoms with E-state index in [-0.39, 0.29) is 11.5 Å². The Morgan fingerprint density at radius 1 is 1.03 bits per heavy atom. The number of benzene rings is 2. The number of likely N-dealkylation sites (N-methyl/N-ethyl adjacent to an activating group) is 1. The number of amides is 2. The number of primary amides is 1. The van der Waals surface area contributed by atoms with Gasteiger partial charge in [0.2, 0.25) is 11.9 Å². The van der Waals surface area contributed by atoms with Crippen LogP contribution in [0.3, 0.4) is 0 Å². The van der Waals surface area contributed by atoms with Gasteiger partial charge < -0.3 is 30.9 Å². The summed E-state index contributed by atoms with van der Waals surface area (Å²) in [6.07, 6.45) is 3.08. The highest BCUT2D eigenvalue weighted by molar-refractivity contribution is 5.98. The molecular formula is C27H31N7O3. The van der Waals surface area contributed by atoms with Gasteiger partial charge in [0, 0.05) is 45.0 Å². The Hall–Kier alpha value is -4.18. The highest BCUT2D eigenvalue weighted by atomic mass is 16.5. The zero-order chi connectivity index (χ0) is 26.1. The smallest absolute Gasteiger partial charge is 0.254 e. The van der Waals surface area contributed by atoms with Gasteiger partial charge in [0.1, 0.15) is 17.1 Å². The Labute approximate surface area is 215 Å². The Balaban J connectivity index is 1.46. The molecule has 37 heavy (non-hydrogen) atoms. The SMILES string of the molecule is COc1cc2c(cc1Nc1ncc(C(N)=O)c(Nc3cccc4c3CCN(C(C)=O)C4)n1)CN(C)CC2. The summed E-state index contributed by atoms with van der Waals surface area (Å²) in [5.41, 5.74) is 12.0. The number of methoxy groups -OCH3 is 1. The van der Waals surface area contributed by atoms with Crippen molar-refractivity contribution < 1.29 is 14.3 Å². The molecule has 0 radical (unpaired) electrons. The van der Waals surface area contributed by atoms with Crippen molar-refractivity contribution in [1.82, 2.24) is 19.8 Å². The first-order chi connectivity index (χ1) is 17.8. The lowest BCUT2D eigenvalue weighted by molar-refractivity contribution is -0.129. The zero-order valence-corrected chi connectivity index (χ0v) is 21.3. The van der Waals surface area contributed by atoms with E-state index in [2.05, 4.69) is 44.7 Å². The minimum absolute atomic E-state index is 0.0517. The molecule has 1 aromatic heterocycles. The Morgan fingerprint density at radius 2 is 1.86 bits per heavy atom. The maximum Gasteiger partial charge on any atom is 0.254 e. The molecule has 5 rings (SSSR count). The van der Waals surface area contributed by atoms with Crippen molar-refractivity contribution >= 4 is 35.0 Å². The van der Waals surface area contributed by atoms with E-state index in [0.717, 1.165) is 42.0 Å². The largest absolute Gasteiger partial charge is 0.495 e. The fraction of sp³-hybridized carbons (Fsp3) is 0.333. The Morgan fingerprint density at radius 3 is 2.62 bits per heavy atom. The molecule has 0 saturated carbocycles. The van der Waals surface area contributed by atoms with E-state index >= 15 is 0 Å². The molecule has 0 bridgehead atoms. The summed E-state index contributed by atoms with van der Waals surface area (Å²) in [5.74, 6) is 0.742. The maximum absolute atomic E-state index is 12.2. The van der Waals surface area contributed by atoms with Crippen molar-refractivity contribution in [1.29, 1.82) is 0 Å². The average Bonchev–Trinajstić information content (AvgIpc) is 2.88. The number of nitrogens with two attached hydrogens (primary N) is 1.